The van der Waals surface area contributed by atoms with Crippen molar-refractivity contribution >= 4 is 28.8 Å². The Bertz CT molecular complexity index is 1550. The highest BCUT2D eigenvalue weighted by Gasteiger charge is 2.41. The number of nitrogens with zero attached hydrogens (tertiary/aromatic N) is 3. The zero-order valence-electron chi connectivity index (χ0n) is 24.1. The van der Waals surface area contributed by atoms with E-state index < -0.39 is 12.0 Å². The summed E-state index contributed by atoms with van der Waals surface area (Å²) in [4.78, 5) is 34.9. The van der Waals surface area contributed by atoms with Gasteiger partial charge in [-0.2, -0.15) is 0 Å². The molecule has 0 saturated carbocycles. The standard InChI is InChI=1S/C33H33N3O5S/c1-22-30(32(38)40-4)31(25-15-16-27(28(17-25)39-3)41-20-24-13-9-6-10-14-24)36-26(21-42-33(36)34-22)18-29(37)35(2)19-23-11-7-5-8-12-23/h5-17,21,31H,18-20H2,1-4H3. The molecule has 8 nitrogen and oxygen atoms in total. The van der Waals surface area contributed by atoms with Crippen LogP contribution in [0.15, 0.2) is 106 Å². The average molecular weight is 584 g/mol. The number of aliphatic imine (C=N–C) groups is 1. The van der Waals surface area contributed by atoms with Gasteiger partial charge in [-0.3, -0.25) is 4.79 Å². The van der Waals surface area contributed by atoms with Crippen LogP contribution in [0.5, 0.6) is 11.5 Å². The van der Waals surface area contributed by atoms with Crippen molar-refractivity contribution in [2.24, 2.45) is 4.99 Å². The van der Waals surface area contributed by atoms with Gasteiger partial charge in [-0.25, -0.2) is 9.79 Å². The number of amides is 1. The number of thioether (sulfide) groups is 1. The van der Waals surface area contributed by atoms with E-state index in [9.17, 15) is 9.59 Å². The number of hydrogen-bond acceptors (Lipinski definition) is 8. The lowest BCUT2D eigenvalue weighted by Gasteiger charge is -2.36. The molecular formula is C33H33N3O5S. The SMILES string of the molecule is COC(=O)C1=C(C)N=C2SC=C(CC(=O)N(C)Cc3ccccc3)N2C1c1ccc(OCc2ccccc2)c(OC)c1. The van der Waals surface area contributed by atoms with Crippen LogP contribution in [0.3, 0.4) is 0 Å². The van der Waals surface area contributed by atoms with Crippen molar-refractivity contribution in [2.75, 3.05) is 21.3 Å². The highest BCUT2D eigenvalue weighted by Crippen LogP contribution is 2.46. The summed E-state index contributed by atoms with van der Waals surface area (Å²) in [5.41, 5.74) is 4.59. The number of ether oxygens (including phenoxy) is 3. The average Bonchev–Trinajstić information content (AvgIpc) is 3.41. The first-order chi connectivity index (χ1) is 20.4. The van der Waals surface area contributed by atoms with Crippen LogP contribution in [0, 0.1) is 0 Å². The fourth-order valence-corrected chi connectivity index (χ4v) is 5.96. The second-order valence-electron chi connectivity index (χ2n) is 9.98. The molecular weight excluding hydrogens is 550 g/mol. The number of benzene rings is 3. The van der Waals surface area contributed by atoms with Crippen LogP contribution in [0.2, 0.25) is 0 Å². The van der Waals surface area contributed by atoms with Gasteiger partial charge in [-0.15, -0.1) is 0 Å². The van der Waals surface area contributed by atoms with Crippen molar-refractivity contribution in [1.29, 1.82) is 0 Å². The van der Waals surface area contributed by atoms with Crippen LogP contribution in [0.25, 0.3) is 0 Å². The van der Waals surface area contributed by atoms with Gasteiger partial charge >= 0.3 is 5.97 Å². The van der Waals surface area contributed by atoms with Gasteiger partial charge in [0.1, 0.15) is 6.61 Å². The molecule has 9 heteroatoms. The van der Waals surface area contributed by atoms with E-state index in [0.29, 0.717) is 41.1 Å². The lowest BCUT2D eigenvalue weighted by Crippen LogP contribution is -2.38. The monoisotopic (exact) mass is 583 g/mol. The van der Waals surface area contributed by atoms with E-state index in [1.54, 1.807) is 26.0 Å². The Kier molecular flexibility index (Phi) is 8.97. The summed E-state index contributed by atoms with van der Waals surface area (Å²) >= 11 is 1.44. The summed E-state index contributed by atoms with van der Waals surface area (Å²) in [7, 11) is 4.74. The van der Waals surface area contributed by atoms with Gasteiger partial charge in [0.15, 0.2) is 16.7 Å². The van der Waals surface area contributed by atoms with Crippen molar-refractivity contribution in [3.8, 4) is 11.5 Å². The molecule has 0 aliphatic carbocycles. The lowest BCUT2D eigenvalue weighted by atomic mass is 9.93. The third kappa shape index (κ3) is 6.21. The topological polar surface area (TPSA) is 80.7 Å². The third-order valence-electron chi connectivity index (χ3n) is 7.17. The molecule has 0 bridgehead atoms. The van der Waals surface area contributed by atoms with E-state index in [1.807, 2.05) is 89.2 Å². The first kappa shape index (κ1) is 29.0. The van der Waals surface area contributed by atoms with Crippen molar-refractivity contribution < 1.29 is 23.8 Å². The van der Waals surface area contributed by atoms with E-state index >= 15 is 0 Å². The van der Waals surface area contributed by atoms with E-state index in [2.05, 4.69) is 0 Å². The van der Waals surface area contributed by atoms with Gasteiger partial charge in [0.2, 0.25) is 5.91 Å². The number of hydrogen-bond donors (Lipinski definition) is 0. The minimum Gasteiger partial charge on any atom is -0.493 e. The Balaban J connectivity index is 1.44. The largest absolute Gasteiger partial charge is 0.493 e. The third-order valence-corrected chi connectivity index (χ3v) is 8.06. The molecule has 0 saturated heterocycles. The van der Waals surface area contributed by atoms with Gasteiger partial charge in [-0.05, 0) is 41.2 Å². The Morgan fingerprint density at radius 1 is 0.952 bits per heavy atom. The highest BCUT2D eigenvalue weighted by molar-refractivity contribution is 8.16. The zero-order chi connectivity index (χ0) is 29.6. The summed E-state index contributed by atoms with van der Waals surface area (Å²) in [5, 5.41) is 2.63. The summed E-state index contributed by atoms with van der Waals surface area (Å²) in [6, 6.07) is 24.8. The molecule has 0 N–H and O–H groups in total. The normalized spacial score (nSPS) is 15.9. The molecule has 42 heavy (non-hydrogen) atoms. The molecule has 0 fully saturated rings. The quantitative estimate of drug-likeness (QED) is 0.268. The molecule has 0 radical (unpaired) electrons. The second kappa shape index (κ2) is 13.0. The second-order valence-corrected chi connectivity index (χ2v) is 10.8. The fraction of sp³-hybridized carbons (Fsp3) is 0.242. The van der Waals surface area contributed by atoms with Crippen molar-refractivity contribution in [3.63, 3.8) is 0 Å². The van der Waals surface area contributed by atoms with Crippen LogP contribution in [0.1, 0.15) is 36.1 Å². The van der Waals surface area contributed by atoms with Crippen molar-refractivity contribution in [1.82, 2.24) is 9.80 Å². The molecule has 2 aliphatic heterocycles. The van der Waals surface area contributed by atoms with Gasteiger partial charge in [0, 0.05) is 19.3 Å². The Labute approximate surface area is 250 Å². The maximum atomic E-state index is 13.4. The molecule has 1 unspecified atom stereocenters. The van der Waals surface area contributed by atoms with Gasteiger partial charge in [0.25, 0.3) is 0 Å². The van der Waals surface area contributed by atoms with Crippen molar-refractivity contribution in [3.05, 3.63) is 118 Å². The van der Waals surface area contributed by atoms with E-state index in [1.165, 1.54) is 18.9 Å². The summed E-state index contributed by atoms with van der Waals surface area (Å²) < 4.78 is 17.0. The van der Waals surface area contributed by atoms with Gasteiger partial charge in [0.05, 0.1) is 38.0 Å². The summed E-state index contributed by atoms with van der Waals surface area (Å²) in [5.74, 6) is 0.594. The number of carbonyl (C=O) groups is 2. The number of amidine groups is 1. The molecule has 3 aromatic carbocycles. The van der Waals surface area contributed by atoms with Crippen LogP contribution >= 0.6 is 11.8 Å². The number of fused-ring (bicyclic) bond motifs is 1. The molecule has 2 aliphatic rings. The maximum absolute atomic E-state index is 13.4. The number of esters is 1. The molecule has 3 aromatic rings. The van der Waals surface area contributed by atoms with Gasteiger partial charge < -0.3 is 24.0 Å². The fourth-order valence-electron chi connectivity index (χ4n) is 5.00. The lowest BCUT2D eigenvalue weighted by molar-refractivity contribution is -0.136. The van der Waals surface area contributed by atoms with Crippen molar-refractivity contribution in [2.45, 2.75) is 32.5 Å². The molecule has 1 atom stereocenters. The molecule has 5 rings (SSSR count). The summed E-state index contributed by atoms with van der Waals surface area (Å²) in [6.45, 7) is 2.69. The smallest absolute Gasteiger partial charge is 0.338 e. The number of allylic oxidation sites excluding steroid dienone is 1. The van der Waals surface area contributed by atoms with Gasteiger partial charge in [-0.1, -0.05) is 78.5 Å². The van der Waals surface area contributed by atoms with Crippen LogP contribution in [-0.2, 0) is 27.5 Å². The molecule has 0 spiro atoms. The van der Waals surface area contributed by atoms with Crippen LogP contribution in [0.4, 0.5) is 0 Å². The summed E-state index contributed by atoms with van der Waals surface area (Å²) in [6.07, 6.45) is 0.148. The number of methoxy groups -OCH3 is 2. The molecule has 0 aromatic heterocycles. The molecule has 2 heterocycles. The maximum Gasteiger partial charge on any atom is 0.338 e. The first-order valence-corrected chi connectivity index (χ1v) is 14.4. The predicted molar refractivity (Wildman–Crippen MR) is 164 cm³/mol. The predicted octanol–water partition coefficient (Wildman–Crippen LogP) is 6.07. The zero-order valence-corrected chi connectivity index (χ0v) is 24.9. The minimum atomic E-state index is -0.574. The van der Waals surface area contributed by atoms with E-state index in [-0.39, 0.29) is 12.3 Å². The number of rotatable bonds is 10. The van der Waals surface area contributed by atoms with Crippen LogP contribution < -0.4 is 9.47 Å². The Morgan fingerprint density at radius 2 is 1.64 bits per heavy atom. The van der Waals surface area contributed by atoms with E-state index in [4.69, 9.17) is 19.2 Å². The Hall–Kier alpha value is -4.50. The minimum absolute atomic E-state index is 0.0427. The first-order valence-electron chi connectivity index (χ1n) is 13.5. The van der Waals surface area contributed by atoms with Crippen LogP contribution in [-0.4, -0.2) is 48.1 Å². The molecule has 216 valence electrons. The highest BCUT2D eigenvalue weighted by atomic mass is 32.2. The van der Waals surface area contributed by atoms with E-state index in [0.717, 1.165) is 22.4 Å². The molecule has 1 amide bonds. The number of carbonyl (C=O) groups excluding carboxylic acids is 2. The Morgan fingerprint density at radius 3 is 2.31 bits per heavy atom.